The van der Waals surface area contributed by atoms with Gasteiger partial charge in [-0.1, -0.05) is 6.07 Å². The Morgan fingerprint density at radius 3 is 2.27 bits per heavy atom. The highest BCUT2D eigenvalue weighted by molar-refractivity contribution is 5.48. The van der Waals surface area contributed by atoms with Crippen LogP contribution in [0.5, 0.6) is 17.2 Å². The highest BCUT2D eigenvalue weighted by atomic mass is 16.6. The van der Waals surface area contributed by atoms with Crippen LogP contribution in [0.4, 0.5) is 5.69 Å². The van der Waals surface area contributed by atoms with Gasteiger partial charge >= 0.3 is 5.69 Å². The van der Waals surface area contributed by atoms with Crippen molar-refractivity contribution in [1.82, 2.24) is 0 Å². The molecule has 0 aliphatic carbocycles. The van der Waals surface area contributed by atoms with Crippen molar-refractivity contribution in [2.24, 2.45) is 0 Å². The summed E-state index contributed by atoms with van der Waals surface area (Å²) in [6.07, 6.45) is 0. The molecule has 0 aromatic heterocycles. The van der Waals surface area contributed by atoms with Crippen molar-refractivity contribution in [2.75, 3.05) is 20.3 Å². The third-order valence-corrected chi connectivity index (χ3v) is 2.98. The van der Waals surface area contributed by atoms with Crippen molar-refractivity contribution in [3.63, 3.8) is 0 Å². The second-order valence-corrected chi connectivity index (χ2v) is 4.60. The number of nitro benzene ring substituents is 1. The van der Waals surface area contributed by atoms with E-state index in [2.05, 4.69) is 0 Å². The number of rotatable bonds is 7. The van der Waals surface area contributed by atoms with Crippen LogP contribution in [0.15, 0.2) is 42.5 Å². The Morgan fingerprint density at radius 1 is 1.00 bits per heavy atom. The van der Waals surface area contributed by atoms with Crippen molar-refractivity contribution in [3.05, 3.63) is 58.1 Å². The Hall–Kier alpha value is -2.76. The van der Waals surface area contributed by atoms with Crippen molar-refractivity contribution in [3.8, 4) is 17.2 Å². The van der Waals surface area contributed by atoms with E-state index in [4.69, 9.17) is 14.2 Å². The molecule has 0 spiro atoms. The number of nitrogens with zero attached hydrogens (tertiary/aromatic N) is 1. The fourth-order valence-corrected chi connectivity index (χ4v) is 1.88. The first-order valence-corrected chi connectivity index (χ1v) is 6.75. The SMILES string of the molecule is COc1ccc(OCCOc2ccc(C)cc2[N+](=O)[O-])cc1. The molecule has 0 saturated heterocycles. The maximum Gasteiger partial charge on any atom is 0.311 e. The average molecular weight is 303 g/mol. The Kier molecular flexibility index (Phi) is 5.19. The van der Waals surface area contributed by atoms with Gasteiger partial charge in [-0.2, -0.15) is 0 Å². The van der Waals surface area contributed by atoms with Gasteiger partial charge in [0, 0.05) is 6.07 Å². The largest absolute Gasteiger partial charge is 0.497 e. The van der Waals surface area contributed by atoms with E-state index in [9.17, 15) is 10.1 Å². The summed E-state index contributed by atoms with van der Waals surface area (Å²) in [5.74, 6) is 1.68. The third kappa shape index (κ3) is 4.12. The normalized spacial score (nSPS) is 10.1. The molecular formula is C16H17NO5. The molecule has 0 aliphatic rings. The monoisotopic (exact) mass is 303 g/mol. The standard InChI is InChI=1S/C16H17NO5/c1-12-3-8-16(15(11-12)17(18)19)22-10-9-21-14-6-4-13(20-2)5-7-14/h3-8,11H,9-10H2,1-2H3. The highest BCUT2D eigenvalue weighted by Crippen LogP contribution is 2.27. The number of nitro groups is 1. The first kappa shape index (κ1) is 15.6. The summed E-state index contributed by atoms with van der Waals surface area (Å²) in [5, 5.41) is 11.0. The van der Waals surface area contributed by atoms with Gasteiger partial charge in [-0.15, -0.1) is 0 Å². The van der Waals surface area contributed by atoms with E-state index >= 15 is 0 Å². The lowest BCUT2D eigenvalue weighted by molar-refractivity contribution is -0.385. The van der Waals surface area contributed by atoms with Gasteiger partial charge in [0.05, 0.1) is 12.0 Å². The lowest BCUT2D eigenvalue weighted by Crippen LogP contribution is -2.10. The predicted molar refractivity (Wildman–Crippen MR) is 81.8 cm³/mol. The van der Waals surface area contributed by atoms with Crippen LogP contribution in [0.25, 0.3) is 0 Å². The Labute approximate surface area is 128 Å². The summed E-state index contributed by atoms with van der Waals surface area (Å²) in [7, 11) is 1.60. The first-order valence-electron chi connectivity index (χ1n) is 6.75. The van der Waals surface area contributed by atoms with Gasteiger partial charge in [0.25, 0.3) is 0 Å². The Balaban J connectivity index is 1.87. The number of benzene rings is 2. The highest BCUT2D eigenvalue weighted by Gasteiger charge is 2.14. The van der Waals surface area contributed by atoms with Crippen LogP contribution < -0.4 is 14.2 Å². The summed E-state index contributed by atoms with van der Waals surface area (Å²) in [5.41, 5.74) is 0.776. The minimum atomic E-state index is -0.452. The smallest absolute Gasteiger partial charge is 0.311 e. The second-order valence-electron chi connectivity index (χ2n) is 4.60. The number of aryl methyl sites for hydroxylation is 1. The maximum absolute atomic E-state index is 11.0. The predicted octanol–water partition coefficient (Wildman–Crippen LogP) is 3.37. The maximum atomic E-state index is 11.0. The summed E-state index contributed by atoms with van der Waals surface area (Å²) >= 11 is 0. The minimum absolute atomic E-state index is 0.0375. The minimum Gasteiger partial charge on any atom is -0.497 e. The molecule has 22 heavy (non-hydrogen) atoms. The number of methoxy groups -OCH3 is 1. The number of ether oxygens (including phenoxy) is 3. The van der Waals surface area contributed by atoms with Crippen LogP contribution >= 0.6 is 0 Å². The van der Waals surface area contributed by atoms with Gasteiger partial charge in [0.1, 0.15) is 24.7 Å². The zero-order valence-corrected chi connectivity index (χ0v) is 12.4. The molecule has 0 fully saturated rings. The molecule has 0 radical (unpaired) electrons. The van der Waals surface area contributed by atoms with E-state index in [0.717, 1.165) is 11.3 Å². The lowest BCUT2D eigenvalue weighted by atomic mass is 10.2. The van der Waals surface area contributed by atoms with E-state index in [0.29, 0.717) is 5.75 Å². The Morgan fingerprint density at radius 2 is 1.64 bits per heavy atom. The van der Waals surface area contributed by atoms with E-state index < -0.39 is 4.92 Å². The molecule has 6 nitrogen and oxygen atoms in total. The molecule has 0 aliphatic heterocycles. The van der Waals surface area contributed by atoms with E-state index in [-0.39, 0.29) is 24.7 Å². The van der Waals surface area contributed by atoms with Crippen molar-refractivity contribution in [2.45, 2.75) is 6.92 Å². The van der Waals surface area contributed by atoms with Crippen LogP contribution in [0.1, 0.15) is 5.56 Å². The summed E-state index contributed by atoms with van der Waals surface area (Å²) in [4.78, 5) is 10.5. The molecule has 2 rings (SSSR count). The molecule has 0 heterocycles. The van der Waals surface area contributed by atoms with Gasteiger partial charge in [0.15, 0.2) is 5.75 Å². The zero-order chi connectivity index (χ0) is 15.9. The summed E-state index contributed by atoms with van der Waals surface area (Å²) in [6, 6.07) is 12.0. The van der Waals surface area contributed by atoms with E-state index in [1.165, 1.54) is 6.07 Å². The molecule has 0 saturated carbocycles. The van der Waals surface area contributed by atoms with E-state index in [1.54, 1.807) is 50.4 Å². The molecule has 116 valence electrons. The molecule has 0 amide bonds. The van der Waals surface area contributed by atoms with Crippen LogP contribution in [0.3, 0.4) is 0 Å². The first-order chi connectivity index (χ1) is 10.6. The van der Waals surface area contributed by atoms with Crippen molar-refractivity contribution >= 4 is 5.69 Å². The summed E-state index contributed by atoms with van der Waals surface area (Å²) in [6.45, 7) is 2.30. The molecule has 0 N–H and O–H groups in total. The second kappa shape index (κ2) is 7.31. The fraction of sp³-hybridized carbons (Fsp3) is 0.250. The third-order valence-electron chi connectivity index (χ3n) is 2.98. The molecule has 6 heteroatoms. The van der Waals surface area contributed by atoms with Crippen LogP contribution in [0, 0.1) is 17.0 Å². The van der Waals surface area contributed by atoms with Crippen molar-refractivity contribution < 1.29 is 19.1 Å². The van der Waals surface area contributed by atoms with Crippen LogP contribution in [0.2, 0.25) is 0 Å². The quantitative estimate of drug-likeness (QED) is 0.445. The molecule has 2 aromatic rings. The van der Waals surface area contributed by atoms with Gasteiger partial charge in [-0.3, -0.25) is 10.1 Å². The van der Waals surface area contributed by atoms with E-state index in [1.807, 2.05) is 0 Å². The average Bonchev–Trinajstić information content (AvgIpc) is 2.53. The van der Waals surface area contributed by atoms with Gasteiger partial charge < -0.3 is 14.2 Å². The molecule has 0 atom stereocenters. The Bertz CT molecular complexity index is 639. The molecule has 0 unspecified atom stereocenters. The topological polar surface area (TPSA) is 70.8 Å². The van der Waals surface area contributed by atoms with Gasteiger partial charge in [-0.25, -0.2) is 0 Å². The number of hydrogen-bond acceptors (Lipinski definition) is 5. The lowest BCUT2D eigenvalue weighted by Gasteiger charge is -2.09. The number of hydrogen-bond donors (Lipinski definition) is 0. The molecule has 2 aromatic carbocycles. The van der Waals surface area contributed by atoms with Gasteiger partial charge in [-0.05, 0) is 42.8 Å². The molecule has 0 bridgehead atoms. The van der Waals surface area contributed by atoms with Gasteiger partial charge in [0.2, 0.25) is 0 Å². The van der Waals surface area contributed by atoms with Crippen LogP contribution in [-0.4, -0.2) is 25.2 Å². The van der Waals surface area contributed by atoms with Crippen LogP contribution in [-0.2, 0) is 0 Å². The summed E-state index contributed by atoms with van der Waals surface area (Å²) < 4.78 is 16.0. The fourth-order valence-electron chi connectivity index (χ4n) is 1.88. The zero-order valence-electron chi connectivity index (χ0n) is 12.4. The van der Waals surface area contributed by atoms with Crippen molar-refractivity contribution in [1.29, 1.82) is 0 Å². The molecular weight excluding hydrogens is 286 g/mol.